The summed E-state index contributed by atoms with van der Waals surface area (Å²) in [6.07, 6.45) is 0. The molecule has 0 unspecified atom stereocenters. The van der Waals surface area contributed by atoms with E-state index in [1.165, 1.54) is 0 Å². The van der Waals surface area contributed by atoms with Gasteiger partial charge in [-0.1, -0.05) is 11.2 Å². The van der Waals surface area contributed by atoms with Crippen LogP contribution in [0, 0.1) is 0 Å². The summed E-state index contributed by atoms with van der Waals surface area (Å²) in [4.78, 5) is 4.98. The Morgan fingerprint density at radius 3 is 1.88 bits per heavy atom. The number of benzene rings is 1. The molecule has 0 bridgehead atoms. The van der Waals surface area contributed by atoms with E-state index in [-0.39, 0.29) is 0 Å². The third-order valence-corrected chi connectivity index (χ3v) is 4.49. The average Bonchev–Trinajstić information content (AvgIpc) is 2.80. The molecule has 0 aromatic heterocycles. The zero-order valence-corrected chi connectivity index (χ0v) is 18.8. The zero-order chi connectivity index (χ0) is 22.7. The van der Waals surface area contributed by atoms with Crippen molar-refractivity contribution in [3.63, 3.8) is 0 Å². The third-order valence-electron chi connectivity index (χ3n) is 4.49. The maximum Gasteiger partial charge on any atom is 0.143 e. The van der Waals surface area contributed by atoms with Crippen LogP contribution in [0.2, 0.25) is 0 Å². The first-order chi connectivity index (χ1) is 15.8. The summed E-state index contributed by atoms with van der Waals surface area (Å²) < 4.78 is 38.9. The van der Waals surface area contributed by atoms with Crippen molar-refractivity contribution < 1.29 is 33.2 Å². The quantitative estimate of drug-likeness (QED) is 0.279. The Morgan fingerprint density at radius 1 is 0.844 bits per heavy atom. The summed E-state index contributed by atoms with van der Waals surface area (Å²) in [5.74, 6) is 0.612. The first-order valence-corrected chi connectivity index (χ1v) is 10.8. The summed E-state index contributed by atoms with van der Waals surface area (Å²) in [6.45, 7) is 7.25. The summed E-state index contributed by atoms with van der Waals surface area (Å²) in [6, 6.07) is 5.36. The number of anilines is 1. The van der Waals surface area contributed by atoms with Crippen LogP contribution < -0.4 is 9.64 Å². The lowest BCUT2D eigenvalue weighted by Crippen LogP contribution is -2.32. The highest BCUT2D eigenvalue weighted by Gasteiger charge is 2.14. The Bertz CT molecular complexity index is 656. The van der Waals surface area contributed by atoms with Crippen molar-refractivity contribution in [2.75, 3.05) is 104 Å². The molecule has 1 fully saturated rings. The van der Waals surface area contributed by atoms with Gasteiger partial charge in [-0.25, -0.2) is 0 Å². The lowest BCUT2D eigenvalue weighted by atomic mass is 10.2. The van der Waals surface area contributed by atoms with E-state index in [9.17, 15) is 0 Å². The van der Waals surface area contributed by atoms with Crippen LogP contribution in [0.4, 0.5) is 11.4 Å². The number of methoxy groups -OCH3 is 1. The number of rotatable bonds is 6. The second kappa shape index (κ2) is 17.4. The molecule has 11 heteroatoms. The third kappa shape index (κ3) is 11.0. The van der Waals surface area contributed by atoms with Crippen LogP contribution in [0.1, 0.15) is 0 Å². The van der Waals surface area contributed by atoms with Gasteiger partial charge in [0.25, 0.3) is 0 Å². The molecular weight excluding hydrogens is 420 g/mol. The molecule has 1 aliphatic heterocycles. The van der Waals surface area contributed by atoms with Gasteiger partial charge in [-0.2, -0.15) is 0 Å². The second-order valence-corrected chi connectivity index (χ2v) is 6.73. The predicted octanol–water partition coefficient (Wildman–Crippen LogP) is 2.56. The number of ether oxygens (including phenoxy) is 7. The Hall–Kier alpha value is -2.11. The predicted molar refractivity (Wildman–Crippen MR) is 119 cm³/mol. The highest BCUT2D eigenvalue weighted by molar-refractivity contribution is 5.63. The monoisotopic (exact) mass is 454 g/mol. The van der Waals surface area contributed by atoms with E-state index < -0.39 is 0 Å². The smallest absolute Gasteiger partial charge is 0.143 e. The Kier molecular flexibility index (Phi) is 14.3. The molecule has 2 rings (SSSR count). The van der Waals surface area contributed by atoms with E-state index >= 15 is 0 Å². The normalized spacial score (nSPS) is 18.2. The fraction of sp³-hybridized carbons (Fsp3) is 0.714. The SMILES string of the molecule is COCCOc1cc(N=[N+]=[N-])ccc1N1CCOCCOCCOCCOCCOCC1. The minimum Gasteiger partial charge on any atom is -0.489 e. The van der Waals surface area contributed by atoms with Gasteiger partial charge in [0.2, 0.25) is 0 Å². The standard InChI is InChI=1S/C21H34N4O7/c1-26-8-17-32-21-18-19(23-24-22)2-3-20(21)25-4-6-27-9-11-29-13-15-31-16-14-30-12-10-28-7-5-25/h2-3,18H,4-17H2,1H3. The van der Waals surface area contributed by atoms with Gasteiger partial charge in [0, 0.05) is 30.8 Å². The highest BCUT2D eigenvalue weighted by Crippen LogP contribution is 2.32. The van der Waals surface area contributed by atoms with Crippen molar-refractivity contribution in [3.05, 3.63) is 28.6 Å². The number of azide groups is 1. The lowest BCUT2D eigenvalue weighted by molar-refractivity contribution is -0.0116. The fourth-order valence-corrected chi connectivity index (χ4v) is 2.91. The topological polar surface area (TPSA) is 117 Å². The lowest BCUT2D eigenvalue weighted by Gasteiger charge is -2.27. The summed E-state index contributed by atoms with van der Waals surface area (Å²) in [7, 11) is 1.62. The molecule has 1 aromatic carbocycles. The molecule has 0 amide bonds. The van der Waals surface area contributed by atoms with Crippen LogP contribution >= 0.6 is 0 Å². The first-order valence-electron chi connectivity index (χ1n) is 10.8. The molecule has 0 saturated carbocycles. The Balaban J connectivity index is 2.04. The minimum absolute atomic E-state index is 0.377. The molecule has 0 atom stereocenters. The molecule has 1 saturated heterocycles. The van der Waals surface area contributed by atoms with Crippen molar-refractivity contribution >= 4 is 11.4 Å². The van der Waals surface area contributed by atoms with E-state index in [1.807, 2.05) is 6.07 Å². The Morgan fingerprint density at radius 2 is 1.38 bits per heavy atom. The minimum atomic E-state index is 0.377. The van der Waals surface area contributed by atoms with Gasteiger partial charge in [0.05, 0.1) is 78.4 Å². The molecule has 32 heavy (non-hydrogen) atoms. The zero-order valence-electron chi connectivity index (χ0n) is 18.8. The molecule has 0 N–H and O–H groups in total. The molecule has 1 aliphatic rings. The molecular formula is C21H34N4O7. The van der Waals surface area contributed by atoms with Gasteiger partial charge in [-0.15, -0.1) is 0 Å². The summed E-state index contributed by atoms with van der Waals surface area (Å²) in [5, 5.41) is 3.68. The van der Waals surface area contributed by atoms with Crippen molar-refractivity contribution in [1.82, 2.24) is 0 Å². The second-order valence-electron chi connectivity index (χ2n) is 6.73. The molecule has 1 heterocycles. The van der Waals surface area contributed by atoms with Crippen molar-refractivity contribution in [2.24, 2.45) is 5.11 Å². The maximum absolute atomic E-state index is 8.76. The van der Waals surface area contributed by atoms with Gasteiger partial charge in [0.15, 0.2) is 0 Å². The summed E-state index contributed by atoms with van der Waals surface area (Å²) in [5.41, 5.74) is 10.1. The van der Waals surface area contributed by atoms with Crippen molar-refractivity contribution in [1.29, 1.82) is 0 Å². The molecule has 0 radical (unpaired) electrons. The van der Waals surface area contributed by atoms with E-state index in [0.29, 0.717) is 104 Å². The van der Waals surface area contributed by atoms with Gasteiger partial charge < -0.3 is 38.1 Å². The largest absolute Gasteiger partial charge is 0.489 e. The van der Waals surface area contributed by atoms with Crippen molar-refractivity contribution in [2.45, 2.75) is 0 Å². The van der Waals surface area contributed by atoms with E-state index in [2.05, 4.69) is 14.9 Å². The number of hydrogen-bond acceptors (Lipinski definition) is 9. The first kappa shape index (κ1) is 26.1. The number of hydrogen-bond donors (Lipinski definition) is 0. The molecule has 0 aliphatic carbocycles. The van der Waals surface area contributed by atoms with Gasteiger partial charge in [-0.05, 0) is 17.7 Å². The highest BCUT2D eigenvalue weighted by atomic mass is 16.6. The van der Waals surface area contributed by atoms with Crippen LogP contribution in [0.25, 0.3) is 10.4 Å². The van der Waals surface area contributed by atoms with Gasteiger partial charge in [-0.3, -0.25) is 0 Å². The van der Waals surface area contributed by atoms with E-state index in [0.717, 1.165) is 5.69 Å². The van der Waals surface area contributed by atoms with Crippen LogP contribution in [0.15, 0.2) is 23.3 Å². The molecule has 180 valence electrons. The van der Waals surface area contributed by atoms with Crippen LogP contribution in [0.3, 0.4) is 0 Å². The van der Waals surface area contributed by atoms with Crippen molar-refractivity contribution in [3.8, 4) is 5.75 Å². The summed E-state index contributed by atoms with van der Waals surface area (Å²) >= 11 is 0. The average molecular weight is 455 g/mol. The molecule has 1 aromatic rings. The van der Waals surface area contributed by atoms with Crippen LogP contribution in [-0.4, -0.2) is 99.5 Å². The molecule has 0 spiro atoms. The van der Waals surface area contributed by atoms with Gasteiger partial charge >= 0.3 is 0 Å². The van der Waals surface area contributed by atoms with Crippen LogP contribution in [0.5, 0.6) is 5.75 Å². The number of nitrogens with zero attached hydrogens (tertiary/aromatic N) is 4. The van der Waals surface area contributed by atoms with Crippen LogP contribution in [-0.2, 0) is 28.4 Å². The fourth-order valence-electron chi connectivity index (χ4n) is 2.91. The Labute approximate surface area is 189 Å². The van der Waals surface area contributed by atoms with Gasteiger partial charge in [0.1, 0.15) is 12.4 Å². The molecule has 11 nitrogen and oxygen atoms in total. The van der Waals surface area contributed by atoms with E-state index in [1.54, 1.807) is 19.2 Å². The maximum atomic E-state index is 8.76. The van der Waals surface area contributed by atoms with E-state index in [4.69, 9.17) is 38.7 Å².